The standard InChI is InChI=1S/C43H27N3/c1-2-11-28(12-3-1)42-39-18-6-7-21-40(39)45-43(46-42)38-25-24-33(34-16-4-5-17-35(34)38)31-14-8-13-30(27-31)32-19-9-20-37-36(32)23-22-29-15-10-26-44-41(29)37/h1-27H. The third-order valence-corrected chi connectivity index (χ3v) is 8.93. The highest BCUT2D eigenvalue weighted by Gasteiger charge is 2.16. The van der Waals surface area contributed by atoms with Gasteiger partial charge in [-0.1, -0.05) is 133 Å². The van der Waals surface area contributed by atoms with Crippen molar-refractivity contribution in [2.45, 2.75) is 0 Å². The van der Waals surface area contributed by atoms with Gasteiger partial charge in [0.15, 0.2) is 5.82 Å². The lowest BCUT2D eigenvalue weighted by Gasteiger charge is -2.14. The molecule has 0 amide bonds. The zero-order valence-electron chi connectivity index (χ0n) is 24.9. The maximum Gasteiger partial charge on any atom is 0.161 e. The number of fused-ring (bicyclic) bond motifs is 5. The SMILES string of the molecule is c1ccc(-c2nc(-c3ccc(-c4cccc(-c5cccc6c5ccc5cccnc56)c4)c4ccccc34)nc3ccccc23)cc1. The fourth-order valence-corrected chi connectivity index (χ4v) is 6.77. The second kappa shape index (κ2) is 10.8. The fraction of sp³-hybridized carbons (Fsp3) is 0. The molecule has 0 fully saturated rings. The van der Waals surface area contributed by atoms with Gasteiger partial charge in [-0.2, -0.15) is 0 Å². The lowest BCUT2D eigenvalue weighted by atomic mass is 9.91. The molecule has 9 rings (SSSR count). The molecule has 0 atom stereocenters. The Bertz CT molecular complexity index is 2590. The van der Waals surface area contributed by atoms with Crippen molar-refractivity contribution in [3.63, 3.8) is 0 Å². The first-order valence-electron chi connectivity index (χ1n) is 15.5. The van der Waals surface area contributed by atoms with Crippen LogP contribution in [0.2, 0.25) is 0 Å². The molecule has 0 radical (unpaired) electrons. The molecule has 0 saturated heterocycles. The highest BCUT2D eigenvalue weighted by atomic mass is 14.9. The maximum atomic E-state index is 5.18. The minimum absolute atomic E-state index is 0.727. The number of rotatable bonds is 4. The van der Waals surface area contributed by atoms with Crippen LogP contribution in [0.5, 0.6) is 0 Å². The Morgan fingerprint density at radius 1 is 0.370 bits per heavy atom. The molecule has 0 aliphatic rings. The van der Waals surface area contributed by atoms with E-state index >= 15 is 0 Å². The van der Waals surface area contributed by atoms with Crippen LogP contribution in [-0.4, -0.2) is 15.0 Å². The van der Waals surface area contributed by atoms with Crippen LogP contribution in [0, 0.1) is 0 Å². The molecule has 0 unspecified atom stereocenters. The Morgan fingerprint density at radius 3 is 1.85 bits per heavy atom. The molecule has 214 valence electrons. The Labute approximate surface area is 266 Å². The van der Waals surface area contributed by atoms with Crippen molar-refractivity contribution in [3.05, 3.63) is 164 Å². The number of benzene rings is 7. The summed E-state index contributed by atoms with van der Waals surface area (Å²) in [5.74, 6) is 0.727. The topological polar surface area (TPSA) is 38.7 Å². The summed E-state index contributed by atoms with van der Waals surface area (Å²) in [6.07, 6.45) is 1.87. The summed E-state index contributed by atoms with van der Waals surface area (Å²) in [4.78, 5) is 15.0. The van der Waals surface area contributed by atoms with E-state index in [1.165, 1.54) is 38.4 Å². The van der Waals surface area contributed by atoms with Gasteiger partial charge in [0.1, 0.15) is 0 Å². The summed E-state index contributed by atoms with van der Waals surface area (Å²) in [6.45, 7) is 0. The first kappa shape index (κ1) is 26.2. The molecule has 2 heterocycles. The summed E-state index contributed by atoms with van der Waals surface area (Å²) >= 11 is 0. The third-order valence-electron chi connectivity index (χ3n) is 8.93. The predicted molar refractivity (Wildman–Crippen MR) is 192 cm³/mol. The minimum Gasteiger partial charge on any atom is -0.256 e. The lowest BCUT2D eigenvalue weighted by molar-refractivity contribution is 1.23. The van der Waals surface area contributed by atoms with Gasteiger partial charge in [-0.15, -0.1) is 0 Å². The van der Waals surface area contributed by atoms with Crippen LogP contribution in [0.15, 0.2) is 164 Å². The van der Waals surface area contributed by atoms with Gasteiger partial charge in [-0.25, -0.2) is 9.97 Å². The zero-order chi connectivity index (χ0) is 30.5. The number of nitrogens with zero attached hydrogens (tertiary/aromatic N) is 3. The van der Waals surface area contributed by atoms with Crippen LogP contribution in [0.1, 0.15) is 0 Å². The van der Waals surface area contributed by atoms with Gasteiger partial charge >= 0.3 is 0 Å². The van der Waals surface area contributed by atoms with Crippen molar-refractivity contribution in [1.82, 2.24) is 15.0 Å². The summed E-state index contributed by atoms with van der Waals surface area (Å²) in [5, 5.41) is 6.87. The average molecular weight is 586 g/mol. The second-order valence-electron chi connectivity index (χ2n) is 11.6. The van der Waals surface area contributed by atoms with Gasteiger partial charge in [0.2, 0.25) is 0 Å². The smallest absolute Gasteiger partial charge is 0.161 e. The van der Waals surface area contributed by atoms with Gasteiger partial charge in [-0.3, -0.25) is 4.98 Å². The Balaban J connectivity index is 1.20. The summed E-state index contributed by atoms with van der Waals surface area (Å²) in [7, 11) is 0. The predicted octanol–water partition coefficient (Wildman–Crippen LogP) is 11.2. The van der Waals surface area contributed by atoms with Crippen LogP contribution in [-0.2, 0) is 0 Å². The van der Waals surface area contributed by atoms with Crippen LogP contribution < -0.4 is 0 Å². The van der Waals surface area contributed by atoms with Crippen molar-refractivity contribution in [3.8, 4) is 44.9 Å². The molecule has 0 spiro atoms. The Morgan fingerprint density at radius 2 is 1.00 bits per heavy atom. The molecular formula is C43H27N3. The van der Waals surface area contributed by atoms with E-state index in [0.29, 0.717) is 0 Å². The monoisotopic (exact) mass is 585 g/mol. The molecule has 0 saturated carbocycles. The van der Waals surface area contributed by atoms with E-state index in [4.69, 9.17) is 15.0 Å². The van der Waals surface area contributed by atoms with E-state index in [-0.39, 0.29) is 0 Å². The van der Waals surface area contributed by atoms with E-state index in [1.807, 2.05) is 30.5 Å². The Hall–Kier alpha value is -6.19. The number of pyridine rings is 1. The van der Waals surface area contributed by atoms with Crippen molar-refractivity contribution < 1.29 is 0 Å². The molecule has 0 N–H and O–H groups in total. The first-order chi connectivity index (χ1) is 22.8. The zero-order valence-corrected chi connectivity index (χ0v) is 24.9. The van der Waals surface area contributed by atoms with E-state index in [0.717, 1.165) is 49.8 Å². The van der Waals surface area contributed by atoms with E-state index in [2.05, 4.69) is 133 Å². The molecule has 46 heavy (non-hydrogen) atoms. The van der Waals surface area contributed by atoms with Gasteiger partial charge in [0.05, 0.1) is 16.7 Å². The Kier molecular flexibility index (Phi) is 6.14. The van der Waals surface area contributed by atoms with Gasteiger partial charge in [0.25, 0.3) is 0 Å². The van der Waals surface area contributed by atoms with Gasteiger partial charge < -0.3 is 0 Å². The average Bonchev–Trinajstić information content (AvgIpc) is 3.14. The van der Waals surface area contributed by atoms with Gasteiger partial charge in [0, 0.05) is 33.5 Å². The van der Waals surface area contributed by atoms with E-state index in [9.17, 15) is 0 Å². The summed E-state index contributed by atoms with van der Waals surface area (Å²) in [6, 6.07) is 55.5. The molecule has 2 aromatic heterocycles. The minimum atomic E-state index is 0.727. The van der Waals surface area contributed by atoms with Crippen molar-refractivity contribution in [2.75, 3.05) is 0 Å². The highest BCUT2D eigenvalue weighted by Crippen LogP contribution is 2.39. The third kappa shape index (κ3) is 4.33. The van der Waals surface area contributed by atoms with Crippen LogP contribution in [0.3, 0.4) is 0 Å². The molecule has 3 heteroatoms. The normalized spacial score (nSPS) is 11.5. The number of para-hydroxylation sites is 1. The van der Waals surface area contributed by atoms with Crippen LogP contribution in [0.4, 0.5) is 0 Å². The van der Waals surface area contributed by atoms with E-state index < -0.39 is 0 Å². The van der Waals surface area contributed by atoms with Crippen molar-refractivity contribution in [2.24, 2.45) is 0 Å². The molecular weight excluding hydrogens is 558 g/mol. The van der Waals surface area contributed by atoms with E-state index in [1.54, 1.807) is 0 Å². The van der Waals surface area contributed by atoms with Crippen molar-refractivity contribution >= 4 is 43.4 Å². The molecule has 0 aliphatic heterocycles. The van der Waals surface area contributed by atoms with Gasteiger partial charge in [-0.05, 0) is 62.7 Å². The number of aromatic nitrogens is 3. The summed E-state index contributed by atoms with van der Waals surface area (Å²) in [5.41, 5.74) is 9.74. The highest BCUT2D eigenvalue weighted by molar-refractivity contribution is 6.11. The number of hydrogen-bond donors (Lipinski definition) is 0. The molecule has 3 nitrogen and oxygen atoms in total. The van der Waals surface area contributed by atoms with Crippen LogP contribution in [0.25, 0.3) is 88.2 Å². The number of hydrogen-bond acceptors (Lipinski definition) is 3. The molecule has 0 aliphatic carbocycles. The quantitative estimate of drug-likeness (QED) is 0.193. The van der Waals surface area contributed by atoms with Crippen molar-refractivity contribution in [1.29, 1.82) is 0 Å². The second-order valence-corrected chi connectivity index (χ2v) is 11.6. The lowest BCUT2D eigenvalue weighted by Crippen LogP contribution is -1.96. The molecule has 9 aromatic rings. The largest absolute Gasteiger partial charge is 0.256 e. The first-order valence-corrected chi connectivity index (χ1v) is 15.5. The maximum absolute atomic E-state index is 5.18. The molecule has 0 bridgehead atoms. The van der Waals surface area contributed by atoms with Crippen LogP contribution >= 0.6 is 0 Å². The summed E-state index contributed by atoms with van der Waals surface area (Å²) < 4.78 is 0. The molecule has 7 aromatic carbocycles. The fourth-order valence-electron chi connectivity index (χ4n) is 6.77.